The van der Waals surface area contributed by atoms with Crippen molar-refractivity contribution in [2.45, 2.75) is 6.92 Å². The van der Waals surface area contributed by atoms with Crippen molar-refractivity contribution in [3.05, 3.63) is 52.5 Å². The third-order valence-corrected chi connectivity index (χ3v) is 3.98. The van der Waals surface area contributed by atoms with Gasteiger partial charge in [0.15, 0.2) is 12.3 Å². The number of amides is 1. The molecule has 1 aromatic heterocycles. The van der Waals surface area contributed by atoms with Gasteiger partial charge in [0.25, 0.3) is 0 Å². The minimum absolute atomic E-state index is 0.130. The number of aromatic hydroxyl groups is 1. The number of rotatable bonds is 4. The molecule has 0 aliphatic heterocycles. The van der Waals surface area contributed by atoms with Crippen LogP contribution in [-0.2, 0) is 4.79 Å². The monoisotopic (exact) mass is 387 g/mol. The zero-order chi connectivity index (χ0) is 17.1. The van der Waals surface area contributed by atoms with Gasteiger partial charge in [-0.25, -0.2) is 0 Å². The van der Waals surface area contributed by atoms with Crippen molar-refractivity contribution in [1.29, 1.82) is 0 Å². The smallest absolute Gasteiger partial charge is 0.302 e. The molecule has 0 fully saturated rings. The quantitative estimate of drug-likeness (QED) is 0.639. The van der Waals surface area contributed by atoms with Gasteiger partial charge in [-0.05, 0) is 46.6 Å². The van der Waals surface area contributed by atoms with Crippen LogP contribution in [0.25, 0.3) is 10.9 Å². The molecule has 0 saturated carbocycles. The van der Waals surface area contributed by atoms with Gasteiger partial charge in [0.2, 0.25) is 5.88 Å². The zero-order valence-corrected chi connectivity index (χ0v) is 14.4. The number of carbonyl (C=O) groups excluding carboxylic acids is 1. The molecule has 0 saturated heterocycles. The van der Waals surface area contributed by atoms with Crippen LogP contribution in [0.2, 0.25) is 0 Å². The number of aryl methyl sites for hydroxylation is 1. The summed E-state index contributed by atoms with van der Waals surface area (Å²) in [6.45, 7) is 1.72. The summed E-state index contributed by atoms with van der Waals surface area (Å²) in [5, 5.41) is 18.0. The molecule has 1 amide bonds. The zero-order valence-electron chi connectivity index (χ0n) is 12.8. The Hall–Kier alpha value is -2.67. The molecule has 0 radical (unpaired) electrons. The fourth-order valence-electron chi connectivity index (χ4n) is 2.21. The van der Waals surface area contributed by atoms with Crippen LogP contribution in [0.3, 0.4) is 0 Å². The number of carbonyl (C=O) groups is 1. The summed E-state index contributed by atoms with van der Waals surface area (Å²) in [5.74, 6) is -0.124. The SMILES string of the molecule is Cc1ccc(OCC(=O)N=Nc2c(O)[nH]c3ccccc23)c(Br)c1. The first kappa shape index (κ1) is 16.2. The van der Waals surface area contributed by atoms with Gasteiger partial charge in [0, 0.05) is 5.39 Å². The normalized spacial score (nSPS) is 11.2. The predicted octanol–water partition coefficient (Wildman–Crippen LogP) is 4.63. The number of para-hydroxylation sites is 1. The first-order valence-electron chi connectivity index (χ1n) is 7.18. The van der Waals surface area contributed by atoms with Crippen molar-refractivity contribution in [3.63, 3.8) is 0 Å². The topological polar surface area (TPSA) is 87.0 Å². The summed E-state index contributed by atoms with van der Waals surface area (Å²) in [4.78, 5) is 14.6. The Kier molecular flexibility index (Phi) is 4.61. The number of benzene rings is 2. The largest absolute Gasteiger partial charge is 0.493 e. The highest BCUT2D eigenvalue weighted by atomic mass is 79.9. The number of H-pyrrole nitrogens is 1. The molecule has 0 aliphatic rings. The summed E-state index contributed by atoms with van der Waals surface area (Å²) < 4.78 is 6.19. The van der Waals surface area contributed by atoms with Crippen LogP contribution in [-0.4, -0.2) is 22.6 Å². The Balaban J connectivity index is 1.70. The first-order valence-corrected chi connectivity index (χ1v) is 7.97. The number of fused-ring (bicyclic) bond motifs is 1. The fraction of sp³-hybridized carbons (Fsp3) is 0.118. The second kappa shape index (κ2) is 6.84. The van der Waals surface area contributed by atoms with Crippen molar-refractivity contribution in [1.82, 2.24) is 4.98 Å². The molecule has 0 atom stereocenters. The van der Waals surface area contributed by atoms with E-state index < -0.39 is 5.91 Å². The van der Waals surface area contributed by atoms with Gasteiger partial charge in [-0.15, -0.1) is 10.2 Å². The maximum absolute atomic E-state index is 11.8. The predicted molar refractivity (Wildman–Crippen MR) is 93.9 cm³/mol. The van der Waals surface area contributed by atoms with Gasteiger partial charge in [-0.1, -0.05) is 24.3 Å². The van der Waals surface area contributed by atoms with E-state index in [4.69, 9.17) is 4.74 Å². The second-order valence-electron chi connectivity index (χ2n) is 5.18. The minimum Gasteiger partial charge on any atom is -0.493 e. The number of azo groups is 1. The van der Waals surface area contributed by atoms with E-state index >= 15 is 0 Å². The highest BCUT2D eigenvalue weighted by Crippen LogP contribution is 2.35. The Morgan fingerprint density at radius 1 is 1.29 bits per heavy atom. The summed E-state index contributed by atoms with van der Waals surface area (Å²) in [6, 6.07) is 12.8. The fourth-order valence-corrected chi connectivity index (χ4v) is 2.82. The van der Waals surface area contributed by atoms with E-state index in [-0.39, 0.29) is 18.2 Å². The summed E-state index contributed by atoms with van der Waals surface area (Å²) >= 11 is 3.38. The summed E-state index contributed by atoms with van der Waals surface area (Å²) in [5.41, 5.74) is 2.03. The van der Waals surface area contributed by atoms with Gasteiger partial charge in [-0.3, -0.25) is 4.79 Å². The highest BCUT2D eigenvalue weighted by molar-refractivity contribution is 9.10. The lowest BCUT2D eigenvalue weighted by atomic mass is 10.2. The van der Waals surface area contributed by atoms with Crippen molar-refractivity contribution in [3.8, 4) is 11.6 Å². The van der Waals surface area contributed by atoms with E-state index in [9.17, 15) is 9.90 Å². The van der Waals surface area contributed by atoms with E-state index in [2.05, 4.69) is 31.1 Å². The first-order chi connectivity index (χ1) is 11.5. The average Bonchev–Trinajstić information content (AvgIpc) is 2.87. The van der Waals surface area contributed by atoms with Gasteiger partial charge < -0.3 is 14.8 Å². The molecule has 0 aliphatic carbocycles. The van der Waals surface area contributed by atoms with E-state index in [0.29, 0.717) is 11.1 Å². The number of hydrogen-bond acceptors (Lipinski definition) is 4. The lowest BCUT2D eigenvalue weighted by molar-refractivity contribution is -0.120. The third kappa shape index (κ3) is 3.46. The van der Waals surface area contributed by atoms with E-state index in [1.807, 2.05) is 31.2 Å². The lowest BCUT2D eigenvalue weighted by Crippen LogP contribution is -2.08. The van der Waals surface area contributed by atoms with Crippen LogP contribution in [0, 0.1) is 6.92 Å². The van der Waals surface area contributed by atoms with Crippen LogP contribution in [0.15, 0.2) is 57.2 Å². The molecule has 0 unspecified atom stereocenters. The van der Waals surface area contributed by atoms with E-state index in [1.54, 1.807) is 18.2 Å². The Morgan fingerprint density at radius 2 is 2.08 bits per heavy atom. The van der Waals surface area contributed by atoms with Crippen LogP contribution < -0.4 is 4.74 Å². The number of aromatic amines is 1. The maximum atomic E-state index is 11.8. The number of halogens is 1. The van der Waals surface area contributed by atoms with E-state index in [0.717, 1.165) is 15.6 Å². The molecular formula is C17H14BrN3O3. The molecule has 3 rings (SSSR count). The van der Waals surface area contributed by atoms with Gasteiger partial charge in [0.05, 0.1) is 9.99 Å². The number of nitrogens with zero attached hydrogens (tertiary/aromatic N) is 2. The number of aromatic nitrogens is 1. The van der Waals surface area contributed by atoms with Gasteiger partial charge in [-0.2, -0.15) is 0 Å². The molecule has 2 aromatic carbocycles. The van der Waals surface area contributed by atoms with Crippen molar-refractivity contribution < 1.29 is 14.6 Å². The van der Waals surface area contributed by atoms with Crippen LogP contribution >= 0.6 is 15.9 Å². The minimum atomic E-state index is -0.549. The van der Waals surface area contributed by atoms with Crippen molar-refractivity contribution in [2.24, 2.45) is 10.2 Å². The van der Waals surface area contributed by atoms with Crippen LogP contribution in [0.5, 0.6) is 11.6 Å². The van der Waals surface area contributed by atoms with E-state index in [1.165, 1.54) is 0 Å². The molecule has 0 bridgehead atoms. The van der Waals surface area contributed by atoms with Crippen molar-refractivity contribution in [2.75, 3.05) is 6.61 Å². The van der Waals surface area contributed by atoms with Gasteiger partial charge in [0.1, 0.15) is 5.75 Å². The Morgan fingerprint density at radius 3 is 2.88 bits per heavy atom. The standard InChI is InChI=1S/C17H14BrN3O3/c1-10-6-7-14(12(18)8-10)24-9-15(22)20-21-16-11-4-2-3-5-13(11)19-17(16)23/h2-8,19,23H,9H2,1H3. The molecule has 24 heavy (non-hydrogen) atoms. The Bertz CT molecular complexity index is 934. The van der Waals surface area contributed by atoms with Crippen LogP contribution in [0.1, 0.15) is 5.56 Å². The Labute approximate surface area is 146 Å². The molecule has 2 N–H and O–H groups in total. The summed E-state index contributed by atoms with van der Waals surface area (Å²) in [7, 11) is 0. The molecule has 6 nitrogen and oxygen atoms in total. The van der Waals surface area contributed by atoms with Gasteiger partial charge >= 0.3 is 5.91 Å². The summed E-state index contributed by atoms with van der Waals surface area (Å²) in [6.07, 6.45) is 0. The molecule has 7 heteroatoms. The van der Waals surface area contributed by atoms with Crippen LogP contribution in [0.4, 0.5) is 5.69 Å². The molecule has 122 valence electrons. The number of ether oxygens (including phenoxy) is 1. The highest BCUT2D eigenvalue weighted by Gasteiger charge is 2.11. The number of hydrogen-bond donors (Lipinski definition) is 2. The molecule has 3 aromatic rings. The third-order valence-electron chi connectivity index (χ3n) is 3.36. The molecule has 1 heterocycles. The molecule has 0 spiro atoms. The second-order valence-corrected chi connectivity index (χ2v) is 6.04. The molecular weight excluding hydrogens is 374 g/mol. The van der Waals surface area contributed by atoms with Crippen molar-refractivity contribution >= 4 is 38.4 Å². The lowest BCUT2D eigenvalue weighted by Gasteiger charge is -2.06. The number of nitrogens with one attached hydrogen (secondary N) is 1. The average molecular weight is 388 g/mol. The maximum Gasteiger partial charge on any atom is 0.302 e.